The second-order valence-electron chi connectivity index (χ2n) is 5.10. The minimum Gasteiger partial charge on any atom is -0.312 e. The van der Waals surface area contributed by atoms with Gasteiger partial charge in [-0.3, -0.25) is 5.10 Å². The number of aromatic nitrogens is 2. The molecule has 0 saturated heterocycles. The van der Waals surface area contributed by atoms with Gasteiger partial charge in [-0.2, -0.15) is 5.10 Å². The number of hydrogen-bond acceptors (Lipinski definition) is 2. The van der Waals surface area contributed by atoms with Crippen LogP contribution in [0.5, 0.6) is 0 Å². The molecule has 3 nitrogen and oxygen atoms in total. The molecule has 1 atom stereocenters. The van der Waals surface area contributed by atoms with Gasteiger partial charge >= 0.3 is 0 Å². The van der Waals surface area contributed by atoms with Crippen molar-refractivity contribution in [3.8, 4) is 0 Å². The number of rotatable bonds is 1. The second-order valence-corrected chi connectivity index (χ2v) is 5.10. The molecule has 2 N–H and O–H groups in total. The van der Waals surface area contributed by atoms with Crippen LogP contribution in [-0.2, 0) is 6.54 Å². The van der Waals surface area contributed by atoms with Crippen LogP contribution in [-0.4, -0.2) is 16.7 Å². The molecule has 0 fully saturated rings. The molecule has 0 aliphatic carbocycles. The monoisotopic (exact) mass is 249 g/mol. The van der Waals surface area contributed by atoms with Gasteiger partial charge in [0, 0.05) is 24.4 Å². The number of hydrogen-bond donors (Lipinski definition) is 2. The van der Waals surface area contributed by atoms with Crippen LogP contribution < -0.4 is 5.32 Å². The van der Waals surface area contributed by atoms with Crippen LogP contribution in [0.2, 0.25) is 0 Å². The van der Waals surface area contributed by atoms with Crippen molar-refractivity contribution in [1.29, 1.82) is 0 Å². The van der Waals surface area contributed by atoms with Crippen molar-refractivity contribution in [1.82, 2.24) is 15.5 Å². The number of fused-ring (bicyclic) bond motifs is 2. The predicted octanol–water partition coefficient (Wildman–Crippen LogP) is 2.80. The summed E-state index contributed by atoms with van der Waals surface area (Å²) in [5, 5.41) is 11.8. The van der Waals surface area contributed by atoms with Gasteiger partial charge < -0.3 is 5.32 Å². The SMILES string of the molecule is c1ccc2c(c1)CNC[C@@H]2c1ccc2[nH]ncc2c1. The molecule has 3 aromatic rings. The van der Waals surface area contributed by atoms with Crippen molar-refractivity contribution in [3.63, 3.8) is 0 Å². The van der Waals surface area contributed by atoms with E-state index in [2.05, 4.69) is 58.0 Å². The summed E-state index contributed by atoms with van der Waals surface area (Å²) in [6.45, 7) is 1.97. The molecule has 2 heterocycles. The largest absolute Gasteiger partial charge is 0.312 e. The quantitative estimate of drug-likeness (QED) is 0.696. The molecule has 0 unspecified atom stereocenters. The Morgan fingerprint density at radius 1 is 1.11 bits per heavy atom. The maximum atomic E-state index is 4.09. The fraction of sp³-hybridized carbons (Fsp3) is 0.188. The molecule has 19 heavy (non-hydrogen) atoms. The first-order chi connectivity index (χ1) is 9.42. The average molecular weight is 249 g/mol. The Kier molecular flexibility index (Phi) is 2.38. The highest BCUT2D eigenvalue weighted by Gasteiger charge is 2.21. The molecule has 4 rings (SSSR count). The Bertz CT molecular complexity index is 729. The van der Waals surface area contributed by atoms with E-state index in [9.17, 15) is 0 Å². The molecule has 0 bridgehead atoms. The minimum atomic E-state index is 0.434. The third-order valence-corrected chi connectivity index (χ3v) is 3.96. The first-order valence-corrected chi connectivity index (χ1v) is 6.63. The number of H-pyrrole nitrogens is 1. The Morgan fingerprint density at radius 2 is 2.05 bits per heavy atom. The van der Waals surface area contributed by atoms with Crippen molar-refractivity contribution in [2.75, 3.05) is 6.54 Å². The second kappa shape index (κ2) is 4.21. The highest BCUT2D eigenvalue weighted by atomic mass is 15.1. The van der Waals surface area contributed by atoms with Crippen LogP contribution in [0.15, 0.2) is 48.7 Å². The molecule has 0 spiro atoms. The van der Waals surface area contributed by atoms with E-state index in [0.29, 0.717) is 5.92 Å². The summed E-state index contributed by atoms with van der Waals surface area (Å²) in [5.41, 5.74) is 5.31. The van der Waals surface area contributed by atoms with Gasteiger partial charge in [-0.1, -0.05) is 30.3 Å². The number of benzene rings is 2. The lowest BCUT2D eigenvalue weighted by Crippen LogP contribution is -2.28. The number of nitrogens with one attached hydrogen (secondary N) is 2. The molecule has 2 aromatic carbocycles. The van der Waals surface area contributed by atoms with Crippen molar-refractivity contribution in [2.45, 2.75) is 12.5 Å². The Morgan fingerprint density at radius 3 is 3.05 bits per heavy atom. The summed E-state index contributed by atoms with van der Waals surface area (Å²) in [7, 11) is 0. The molecular formula is C16H15N3. The summed E-state index contributed by atoms with van der Waals surface area (Å²) >= 11 is 0. The number of aromatic amines is 1. The van der Waals surface area contributed by atoms with E-state index in [1.807, 2.05) is 6.20 Å². The Hall–Kier alpha value is -2.13. The van der Waals surface area contributed by atoms with E-state index in [1.165, 1.54) is 22.1 Å². The van der Waals surface area contributed by atoms with Gasteiger partial charge in [0.25, 0.3) is 0 Å². The minimum absolute atomic E-state index is 0.434. The van der Waals surface area contributed by atoms with Gasteiger partial charge in [0.05, 0.1) is 11.7 Å². The fourth-order valence-corrected chi connectivity index (χ4v) is 2.97. The fourth-order valence-electron chi connectivity index (χ4n) is 2.97. The van der Waals surface area contributed by atoms with E-state index in [-0.39, 0.29) is 0 Å². The van der Waals surface area contributed by atoms with E-state index in [4.69, 9.17) is 0 Å². The predicted molar refractivity (Wildman–Crippen MR) is 76.1 cm³/mol. The Balaban J connectivity index is 1.84. The van der Waals surface area contributed by atoms with Gasteiger partial charge in [-0.15, -0.1) is 0 Å². The van der Waals surface area contributed by atoms with Crippen molar-refractivity contribution < 1.29 is 0 Å². The molecule has 1 aromatic heterocycles. The van der Waals surface area contributed by atoms with E-state index in [1.54, 1.807) is 0 Å². The maximum Gasteiger partial charge on any atom is 0.0650 e. The number of nitrogens with zero attached hydrogens (tertiary/aromatic N) is 1. The zero-order valence-electron chi connectivity index (χ0n) is 10.6. The standard InChI is InChI=1S/C16H15N3/c1-2-4-14-12(3-1)8-17-10-15(14)11-5-6-16-13(7-11)9-18-19-16/h1-7,9,15,17H,8,10H2,(H,18,19)/t15-/m1/s1. The lowest BCUT2D eigenvalue weighted by Gasteiger charge is -2.26. The van der Waals surface area contributed by atoms with Gasteiger partial charge in [-0.05, 0) is 28.8 Å². The lowest BCUT2D eigenvalue weighted by atomic mass is 9.85. The van der Waals surface area contributed by atoms with Crippen LogP contribution in [0.3, 0.4) is 0 Å². The summed E-state index contributed by atoms with van der Waals surface area (Å²) in [6, 6.07) is 15.3. The van der Waals surface area contributed by atoms with Gasteiger partial charge in [0.1, 0.15) is 0 Å². The molecule has 0 radical (unpaired) electrons. The van der Waals surface area contributed by atoms with Crippen molar-refractivity contribution in [2.24, 2.45) is 0 Å². The zero-order chi connectivity index (χ0) is 12.7. The maximum absolute atomic E-state index is 4.09. The molecule has 1 aliphatic heterocycles. The summed E-state index contributed by atoms with van der Waals surface area (Å²) in [5.74, 6) is 0.434. The van der Waals surface area contributed by atoms with E-state index >= 15 is 0 Å². The summed E-state index contributed by atoms with van der Waals surface area (Å²) in [6.07, 6.45) is 1.89. The smallest absolute Gasteiger partial charge is 0.0650 e. The highest BCUT2D eigenvalue weighted by molar-refractivity contribution is 5.78. The average Bonchev–Trinajstić information content (AvgIpc) is 2.94. The lowest BCUT2D eigenvalue weighted by molar-refractivity contribution is 0.592. The summed E-state index contributed by atoms with van der Waals surface area (Å²) in [4.78, 5) is 0. The molecule has 94 valence electrons. The summed E-state index contributed by atoms with van der Waals surface area (Å²) < 4.78 is 0. The van der Waals surface area contributed by atoms with Crippen LogP contribution in [0.4, 0.5) is 0 Å². The molecular weight excluding hydrogens is 234 g/mol. The van der Waals surface area contributed by atoms with Crippen molar-refractivity contribution in [3.05, 3.63) is 65.4 Å². The van der Waals surface area contributed by atoms with Gasteiger partial charge in [-0.25, -0.2) is 0 Å². The molecule has 0 amide bonds. The highest BCUT2D eigenvalue weighted by Crippen LogP contribution is 2.31. The van der Waals surface area contributed by atoms with Gasteiger partial charge in [0.2, 0.25) is 0 Å². The third-order valence-electron chi connectivity index (χ3n) is 3.96. The molecule has 1 aliphatic rings. The van der Waals surface area contributed by atoms with E-state index in [0.717, 1.165) is 18.6 Å². The Labute approximate surface area is 111 Å². The normalized spacial score (nSPS) is 18.4. The molecule has 0 saturated carbocycles. The third kappa shape index (κ3) is 1.74. The van der Waals surface area contributed by atoms with Crippen LogP contribution >= 0.6 is 0 Å². The van der Waals surface area contributed by atoms with E-state index < -0.39 is 0 Å². The zero-order valence-corrected chi connectivity index (χ0v) is 10.6. The first kappa shape index (κ1) is 10.8. The van der Waals surface area contributed by atoms with Crippen molar-refractivity contribution >= 4 is 10.9 Å². The first-order valence-electron chi connectivity index (χ1n) is 6.63. The topological polar surface area (TPSA) is 40.7 Å². The van der Waals surface area contributed by atoms with Crippen LogP contribution in [0.1, 0.15) is 22.6 Å². The van der Waals surface area contributed by atoms with Crippen LogP contribution in [0, 0.1) is 0 Å². The van der Waals surface area contributed by atoms with Crippen LogP contribution in [0.25, 0.3) is 10.9 Å². The van der Waals surface area contributed by atoms with Gasteiger partial charge in [0.15, 0.2) is 0 Å². The molecule has 3 heteroatoms.